The van der Waals surface area contributed by atoms with E-state index in [4.69, 9.17) is 9.62 Å². The summed E-state index contributed by atoms with van der Waals surface area (Å²) >= 11 is 1.48. The molecule has 6 aromatic rings. The van der Waals surface area contributed by atoms with Crippen molar-refractivity contribution in [3.63, 3.8) is 0 Å². The van der Waals surface area contributed by atoms with Gasteiger partial charge in [-0.3, -0.25) is 4.79 Å². The standard InChI is InChI=1S/C61H27N5O17S/c1-3-4-5-6-7-8-9-10-11-12-13-14-15-16-17-18-19-20-21-22-23-24-25-26-27-28-36-45-69-72-74-76-78-80-82-83-81-79-77-75-73-71-57-42-35-34-41-55(57)62-60(68)54-47-58(52-39-32-33-40-53(52)59(54)67)70-56-44-43-50(46-49(56)2)48-84-61-63-64-65-66(61)51-37-30-29-31-38-51/h29-35,37-44,46-47,67H,48H2,1-2H3,(H,62,68). The number of hydrogen-bond donors (Lipinski definition) is 2. The van der Waals surface area contributed by atoms with Crippen LogP contribution in [-0.4, -0.2) is 31.2 Å². The quantitative estimate of drug-likeness (QED) is 0.0237. The Morgan fingerprint density at radius 3 is 1.57 bits per heavy atom. The molecule has 404 valence electrons. The molecule has 23 heteroatoms. The van der Waals surface area contributed by atoms with Crippen LogP contribution in [0.3, 0.4) is 0 Å². The third-order valence-corrected chi connectivity index (χ3v) is 9.86. The Bertz CT molecular complexity index is 4310. The number of nitrogens with one attached hydrogen (secondary N) is 1. The van der Waals surface area contributed by atoms with Gasteiger partial charge in [0.1, 0.15) is 17.2 Å². The molecule has 84 heavy (non-hydrogen) atoms. The van der Waals surface area contributed by atoms with E-state index in [1.165, 1.54) is 30.0 Å². The smallest absolute Gasteiger partial charge is 0.259 e. The van der Waals surface area contributed by atoms with Crippen LogP contribution in [0.4, 0.5) is 5.69 Å². The van der Waals surface area contributed by atoms with Gasteiger partial charge in [0.15, 0.2) is 11.9 Å². The van der Waals surface area contributed by atoms with Crippen LogP contribution in [0.15, 0.2) is 108 Å². The lowest BCUT2D eigenvalue weighted by Crippen LogP contribution is -2.14. The number of thioether (sulfide) groups is 1. The zero-order chi connectivity index (χ0) is 58.8. The Morgan fingerprint density at radius 1 is 0.524 bits per heavy atom. The Hall–Kier alpha value is -12.2. The lowest BCUT2D eigenvalue weighted by Gasteiger charge is -2.16. The molecule has 0 fully saturated rings. The van der Waals surface area contributed by atoms with Crippen molar-refractivity contribution in [1.82, 2.24) is 20.2 Å². The number of carbonyl (C=O) groups is 1. The molecule has 2 N–H and O–H groups in total. The summed E-state index contributed by atoms with van der Waals surface area (Å²) in [5.74, 6) is 66.6. The van der Waals surface area contributed by atoms with Crippen LogP contribution >= 0.6 is 11.8 Å². The molecule has 5 aromatic carbocycles. The highest BCUT2D eigenvalue weighted by molar-refractivity contribution is 7.98. The van der Waals surface area contributed by atoms with Gasteiger partial charge in [-0.15, -0.1) is 5.10 Å². The predicted octanol–water partition coefficient (Wildman–Crippen LogP) is 6.68. The number of ether oxygens (including phenoxy) is 1. The maximum absolute atomic E-state index is 13.7. The molecule has 6 rings (SSSR count). The number of anilines is 1. The number of phenols is 1. The highest BCUT2D eigenvalue weighted by Gasteiger charge is 2.21. The number of carbonyl (C=O) groups excluding carboxylic acids is 1. The summed E-state index contributed by atoms with van der Waals surface area (Å²) in [6.45, 7) is 3.57. The molecule has 1 heterocycles. The first-order valence-corrected chi connectivity index (χ1v) is 23.6. The molecule has 0 aliphatic rings. The molecule has 1 amide bonds. The van der Waals surface area contributed by atoms with Crippen LogP contribution in [0.2, 0.25) is 0 Å². The average Bonchev–Trinajstić information content (AvgIpc) is 3.14. The van der Waals surface area contributed by atoms with Crippen molar-refractivity contribution >= 4 is 34.1 Å². The second-order valence-corrected chi connectivity index (χ2v) is 15.0. The van der Waals surface area contributed by atoms with Crippen molar-refractivity contribution < 1.29 is 84.9 Å². The van der Waals surface area contributed by atoms with Crippen molar-refractivity contribution in [3.05, 3.63) is 120 Å². The topological polar surface area (TPSA) is 231 Å². The van der Waals surface area contributed by atoms with E-state index < -0.39 is 5.91 Å². The van der Waals surface area contributed by atoms with Crippen molar-refractivity contribution in [2.45, 2.75) is 24.8 Å². The summed E-state index contributed by atoms with van der Waals surface area (Å²) in [5, 5.41) is 75.1. The SMILES string of the molecule is CC#CC#CC#CC#CC#CC#CC#CC#CC#CC#CC#CC#CC#CC#COOOOOOOOOOOOOOc1ccccc1NC(=O)c1cc(Oc2ccc(CSc3nnnn3-c3ccccc3)cc2C)c2ccccc2c1O. The molecule has 0 atom stereocenters. The van der Waals surface area contributed by atoms with Gasteiger partial charge < -0.3 is 20.0 Å². The third-order valence-electron chi connectivity index (χ3n) is 8.87. The van der Waals surface area contributed by atoms with E-state index in [9.17, 15) is 9.90 Å². The van der Waals surface area contributed by atoms with E-state index in [-0.39, 0.29) is 22.7 Å². The van der Waals surface area contributed by atoms with E-state index in [1.54, 1.807) is 48.0 Å². The van der Waals surface area contributed by atoms with Gasteiger partial charge in [-0.25, -0.2) is 4.89 Å². The Morgan fingerprint density at radius 2 is 1.01 bits per heavy atom. The number of aromatic hydroxyl groups is 1. The summed E-state index contributed by atoms with van der Waals surface area (Å²) < 4.78 is 8.07. The molecule has 0 saturated carbocycles. The zero-order valence-corrected chi connectivity index (χ0v) is 43.5. The fraction of sp³-hybridized carbons (Fsp3) is 0.0492. The Kier molecular flexibility index (Phi) is 27.3. The van der Waals surface area contributed by atoms with Gasteiger partial charge in [0.25, 0.3) is 5.91 Å². The number of aromatic nitrogens is 4. The number of phenolic OH excluding ortho intramolecular Hbond substituents is 1. The number of tetrazole rings is 1. The fourth-order valence-electron chi connectivity index (χ4n) is 5.65. The number of hydrogen-bond acceptors (Lipinski definition) is 21. The molecular formula is C61H27N5O17S. The number of rotatable bonds is 22. The van der Waals surface area contributed by atoms with E-state index in [0.29, 0.717) is 33.2 Å². The number of amides is 1. The lowest BCUT2D eigenvalue weighted by molar-refractivity contribution is -0.873. The molecule has 0 spiro atoms. The number of para-hydroxylation sites is 3. The first-order chi connectivity index (χ1) is 41.5. The highest BCUT2D eigenvalue weighted by Crippen LogP contribution is 2.40. The van der Waals surface area contributed by atoms with Crippen molar-refractivity contribution in [3.8, 4) is 195 Å². The maximum Gasteiger partial charge on any atom is 0.259 e. The first-order valence-electron chi connectivity index (χ1n) is 22.7. The normalized spacial score (nSPS) is 8.74. The number of fused-ring (bicyclic) bond motifs is 1. The second kappa shape index (κ2) is 37.6. The van der Waals surface area contributed by atoms with Gasteiger partial charge in [-0.05, 0) is 119 Å². The predicted molar refractivity (Wildman–Crippen MR) is 289 cm³/mol. The van der Waals surface area contributed by atoms with Gasteiger partial charge in [0.05, 0.1) is 16.9 Å². The summed E-state index contributed by atoms with van der Waals surface area (Å²) in [4.78, 5) is 23.0. The molecule has 0 aliphatic carbocycles. The minimum absolute atomic E-state index is 0.0724. The molecule has 1 aromatic heterocycles. The number of nitrogens with zero attached hydrogens (tertiary/aromatic N) is 4. The van der Waals surface area contributed by atoms with E-state index in [1.807, 2.05) is 61.6 Å². The largest absolute Gasteiger partial charge is 0.506 e. The number of aryl methyl sites for hydroxylation is 1. The zero-order valence-electron chi connectivity index (χ0n) is 42.7. The monoisotopic (exact) mass is 1130 g/mol. The van der Waals surface area contributed by atoms with Crippen LogP contribution in [0, 0.1) is 173 Å². The summed E-state index contributed by atoms with van der Waals surface area (Å²) in [6.07, 6.45) is 1.94. The van der Waals surface area contributed by atoms with Crippen LogP contribution in [0.5, 0.6) is 23.0 Å². The van der Waals surface area contributed by atoms with Crippen molar-refractivity contribution in [2.24, 2.45) is 0 Å². The van der Waals surface area contributed by atoms with Gasteiger partial charge >= 0.3 is 0 Å². The molecule has 22 nitrogen and oxygen atoms in total. The van der Waals surface area contributed by atoms with E-state index >= 15 is 0 Å². The minimum Gasteiger partial charge on any atom is -0.506 e. The van der Waals surface area contributed by atoms with E-state index in [2.05, 4.69) is 246 Å². The summed E-state index contributed by atoms with van der Waals surface area (Å²) in [7, 11) is 0. The summed E-state index contributed by atoms with van der Waals surface area (Å²) in [5.41, 5.74) is 2.60. The molecular weight excluding hydrogens is 1110 g/mol. The van der Waals surface area contributed by atoms with Crippen LogP contribution in [0.1, 0.15) is 28.4 Å². The Labute approximate surface area is 481 Å². The van der Waals surface area contributed by atoms with Gasteiger partial charge in [0, 0.05) is 184 Å². The molecule has 0 aliphatic heterocycles. The minimum atomic E-state index is -0.738. The molecule has 0 saturated heterocycles. The fourth-order valence-corrected chi connectivity index (χ4v) is 6.49. The highest BCUT2D eigenvalue weighted by atomic mass is 32.2. The lowest BCUT2D eigenvalue weighted by atomic mass is 10.0. The number of benzene rings is 5. The summed E-state index contributed by atoms with van der Waals surface area (Å²) in [6, 6.07) is 29.6. The molecule has 0 bridgehead atoms. The molecule has 0 unspecified atom stereocenters. The Balaban J connectivity index is 0.811. The van der Waals surface area contributed by atoms with Crippen LogP contribution in [0.25, 0.3) is 16.5 Å². The van der Waals surface area contributed by atoms with Gasteiger partial charge in [-0.2, -0.15) is 4.68 Å². The average molecular weight is 1130 g/mol. The van der Waals surface area contributed by atoms with Crippen LogP contribution < -0.4 is 14.9 Å². The van der Waals surface area contributed by atoms with E-state index in [0.717, 1.165) is 16.8 Å². The van der Waals surface area contributed by atoms with Crippen molar-refractivity contribution in [1.29, 1.82) is 0 Å². The van der Waals surface area contributed by atoms with Gasteiger partial charge in [-0.1, -0.05) is 84.4 Å². The van der Waals surface area contributed by atoms with Gasteiger partial charge in [0.2, 0.25) is 5.16 Å². The van der Waals surface area contributed by atoms with Crippen LogP contribution in [-0.2, 0) is 71.1 Å². The maximum atomic E-state index is 13.7. The molecule has 0 radical (unpaired) electrons. The van der Waals surface area contributed by atoms with Crippen molar-refractivity contribution in [2.75, 3.05) is 5.32 Å². The second-order valence-electron chi connectivity index (χ2n) is 14.1. The third kappa shape index (κ3) is 22.6. The first kappa shape index (κ1) is 61.0.